The van der Waals surface area contributed by atoms with E-state index < -0.39 is 11.7 Å². The van der Waals surface area contributed by atoms with Gasteiger partial charge in [-0.15, -0.1) is 0 Å². The molecule has 0 saturated carbocycles. The first kappa shape index (κ1) is 11.0. The van der Waals surface area contributed by atoms with Crippen molar-refractivity contribution in [3.63, 3.8) is 0 Å². The normalized spacial score (nSPS) is 17.4. The molecule has 1 aliphatic rings. The number of carbonyl (C=O) groups is 2. The van der Waals surface area contributed by atoms with Crippen molar-refractivity contribution in [2.45, 2.75) is 45.6 Å². The molecule has 0 aromatic carbocycles. The molecule has 2 amide bonds. The van der Waals surface area contributed by atoms with E-state index in [0.717, 1.165) is 12.8 Å². The van der Waals surface area contributed by atoms with Gasteiger partial charge in [0.2, 0.25) is 5.91 Å². The number of hydrogen-bond donors (Lipinski definition) is 0. The predicted molar refractivity (Wildman–Crippen MR) is 51.8 cm³/mol. The second kappa shape index (κ2) is 3.98. The fourth-order valence-corrected chi connectivity index (χ4v) is 1.20. The predicted octanol–water partition coefficient (Wildman–Crippen LogP) is 1.93. The van der Waals surface area contributed by atoms with Crippen LogP contribution in [0.5, 0.6) is 0 Å². The minimum absolute atomic E-state index is 0.123. The van der Waals surface area contributed by atoms with E-state index in [1.165, 1.54) is 4.90 Å². The van der Waals surface area contributed by atoms with Gasteiger partial charge in [0.25, 0.3) is 0 Å². The molecule has 1 heterocycles. The highest BCUT2D eigenvalue weighted by atomic mass is 16.6. The van der Waals surface area contributed by atoms with Crippen LogP contribution in [-0.2, 0) is 9.53 Å². The lowest BCUT2D eigenvalue weighted by Gasteiger charge is -2.25. The van der Waals surface area contributed by atoms with E-state index >= 15 is 0 Å². The van der Waals surface area contributed by atoms with Crippen LogP contribution in [0.15, 0.2) is 0 Å². The molecule has 0 atom stereocenters. The van der Waals surface area contributed by atoms with Gasteiger partial charge < -0.3 is 4.74 Å². The van der Waals surface area contributed by atoms with Crippen LogP contribution in [-0.4, -0.2) is 29.0 Å². The van der Waals surface area contributed by atoms with E-state index in [2.05, 4.69) is 0 Å². The maximum Gasteiger partial charge on any atom is 0.417 e. The number of nitrogens with zero attached hydrogens (tertiary/aromatic N) is 1. The van der Waals surface area contributed by atoms with Crippen LogP contribution in [0.3, 0.4) is 0 Å². The van der Waals surface area contributed by atoms with E-state index in [-0.39, 0.29) is 5.91 Å². The summed E-state index contributed by atoms with van der Waals surface area (Å²) in [7, 11) is 0. The van der Waals surface area contributed by atoms with Crippen LogP contribution < -0.4 is 0 Å². The Morgan fingerprint density at radius 1 is 1.57 bits per heavy atom. The van der Waals surface area contributed by atoms with Crippen LogP contribution >= 0.6 is 0 Å². The average Bonchev–Trinajstić information content (AvgIpc) is 2.51. The van der Waals surface area contributed by atoms with Gasteiger partial charge in [0.1, 0.15) is 5.60 Å². The summed E-state index contributed by atoms with van der Waals surface area (Å²) >= 11 is 0. The summed E-state index contributed by atoms with van der Waals surface area (Å²) < 4.78 is 5.21. The molecule has 0 unspecified atom stereocenters. The smallest absolute Gasteiger partial charge is 0.417 e. The summed E-state index contributed by atoms with van der Waals surface area (Å²) in [4.78, 5) is 23.9. The van der Waals surface area contributed by atoms with Crippen LogP contribution in [0.1, 0.15) is 40.0 Å². The number of likely N-dealkylation sites (tertiary alicyclic amines) is 1. The Labute approximate surface area is 84.2 Å². The van der Waals surface area contributed by atoms with Gasteiger partial charge in [-0.2, -0.15) is 0 Å². The number of amides is 2. The van der Waals surface area contributed by atoms with Crippen molar-refractivity contribution in [3.8, 4) is 0 Å². The van der Waals surface area contributed by atoms with Crippen molar-refractivity contribution in [3.05, 3.63) is 0 Å². The zero-order valence-electron chi connectivity index (χ0n) is 9.00. The van der Waals surface area contributed by atoms with Crippen molar-refractivity contribution < 1.29 is 14.3 Å². The topological polar surface area (TPSA) is 46.6 Å². The fourth-order valence-electron chi connectivity index (χ4n) is 1.20. The fraction of sp³-hybridized carbons (Fsp3) is 0.800. The van der Waals surface area contributed by atoms with E-state index in [0.29, 0.717) is 13.0 Å². The molecular weight excluding hydrogens is 182 g/mol. The summed E-state index contributed by atoms with van der Waals surface area (Å²) in [6, 6.07) is 0. The van der Waals surface area contributed by atoms with Crippen LogP contribution in [0.2, 0.25) is 0 Å². The summed E-state index contributed by atoms with van der Waals surface area (Å²) in [6.45, 7) is 6.12. The molecule has 0 aliphatic carbocycles. The van der Waals surface area contributed by atoms with Crippen molar-refractivity contribution in [1.29, 1.82) is 0 Å². The molecule has 1 saturated heterocycles. The molecule has 0 spiro atoms. The van der Waals surface area contributed by atoms with Gasteiger partial charge in [-0.3, -0.25) is 4.79 Å². The lowest BCUT2D eigenvalue weighted by Crippen LogP contribution is -2.38. The van der Waals surface area contributed by atoms with Gasteiger partial charge in [0.15, 0.2) is 0 Å². The zero-order valence-corrected chi connectivity index (χ0v) is 9.00. The van der Waals surface area contributed by atoms with Crippen molar-refractivity contribution in [2.75, 3.05) is 6.54 Å². The molecule has 4 nitrogen and oxygen atoms in total. The summed E-state index contributed by atoms with van der Waals surface area (Å²) in [5.74, 6) is -0.123. The average molecular weight is 199 g/mol. The van der Waals surface area contributed by atoms with E-state index in [9.17, 15) is 9.59 Å². The molecule has 1 aliphatic heterocycles. The lowest BCUT2D eigenvalue weighted by molar-refractivity contribution is -0.127. The molecule has 14 heavy (non-hydrogen) atoms. The largest absolute Gasteiger partial charge is 0.443 e. The molecule has 80 valence electrons. The molecule has 0 aromatic rings. The monoisotopic (exact) mass is 199 g/mol. The van der Waals surface area contributed by atoms with Gasteiger partial charge in [0, 0.05) is 13.0 Å². The molecular formula is C10H17NO3. The maximum absolute atomic E-state index is 11.5. The number of imide groups is 1. The van der Waals surface area contributed by atoms with Crippen molar-refractivity contribution in [1.82, 2.24) is 4.90 Å². The van der Waals surface area contributed by atoms with Crippen LogP contribution in [0.25, 0.3) is 0 Å². The molecule has 4 heteroatoms. The highest BCUT2D eigenvalue weighted by Gasteiger charge is 2.31. The van der Waals surface area contributed by atoms with Crippen molar-refractivity contribution in [2.24, 2.45) is 0 Å². The third kappa shape index (κ3) is 2.47. The zero-order chi connectivity index (χ0) is 10.8. The first-order valence-electron chi connectivity index (χ1n) is 4.99. The third-order valence-electron chi connectivity index (χ3n) is 2.51. The highest BCUT2D eigenvalue weighted by Crippen LogP contribution is 2.18. The van der Waals surface area contributed by atoms with E-state index in [4.69, 9.17) is 4.74 Å². The number of rotatable bonds is 2. The molecule has 0 bridgehead atoms. The molecule has 0 N–H and O–H groups in total. The quantitative estimate of drug-likeness (QED) is 0.682. The van der Waals surface area contributed by atoms with Crippen molar-refractivity contribution >= 4 is 12.0 Å². The highest BCUT2D eigenvalue weighted by molar-refractivity contribution is 5.93. The Hall–Kier alpha value is -1.06. The Balaban J connectivity index is 2.54. The molecule has 0 aromatic heterocycles. The van der Waals surface area contributed by atoms with Gasteiger partial charge in [-0.1, -0.05) is 6.92 Å². The standard InChI is InChI=1S/C10H17NO3/c1-4-10(2,3)14-9(13)11-7-5-6-8(11)12/h4-7H2,1-3H3. The lowest BCUT2D eigenvalue weighted by atomic mass is 10.1. The maximum atomic E-state index is 11.5. The third-order valence-corrected chi connectivity index (χ3v) is 2.51. The summed E-state index contributed by atoms with van der Waals surface area (Å²) in [5.41, 5.74) is -0.486. The first-order chi connectivity index (χ1) is 6.46. The van der Waals surface area contributed by atoms with E-state index in [1.807, 2.05) is 20.8 Å². The summed E-state index contributed by atoms with van der Waals surface area (Å²) in [5, 5.41) is 0. The number of ether oxygens (including phenoxy) is 1. The van der Waals surface area contributed by atoms with Gasteiger partial charge in [-0.05, 0) is 26.7 Å². The molecule has 1 rings (SSSR count). The Morgan fingerprint density at radius 2 is 2.21 bits per heavy atom. The van der Waals surface area contributed by atoms with E-state index in [1.54, 1.807) is 0 Å². The Kier molecular flexibility index (Phi) is 3.13. The van der Waals surface area contributed by atoms with Gasteiger partial charge >= 0.3 is 6.09 Å². The van der Waals surface area contributed by atoms with Gasteiger partial charge in [-0.25, -0.2) is 9.69 Å². The summed E-state index contributed by atoms with van der Waals surface area (Å²) in [6.07, 6.45) is 1.45. The second-order valence-corrected chi connectivity index (χ2v) is 4.13. The minimum atomic E-state index is -0.501. The Bertz CT molecular complexity index is 248. The van der Waals surface area contributed by atoms with Crippen LogP contribution in [0, 0.1) is 0 Å². The Morgan fingerprint density at radius 3 is 2.64 bits per heavy atom. The molecule has 1 fully saturated rings. The van der Waals surface area contributed by atoms with Gasteiger partial charge in [0.05, 0.1) is 0 Å². The SMILES string of the molecule is CCC(C)(C)OC(=O)N1CCCC1=O. The second-order valence-electron chi connectivity index (χ2n) is 4.13. The molecule has 0 radical (unpaired) electrons. The number of carbonyl (C=O) groups excluding carboxylic acids is 2. The number of hydrogen-bond acceptors (Lipinski definition) is 3. The first-order valence-corrected chi connectivity index (χ1v) is 4.99. The van der Waals surface area contributed by atoms with Crippen LogP contribution in [0.4, 0.5) is 4.79 Å². The minimum Gasteiger partial charge on any atom is -0.443 e.